The topological polar surface area (TPSA) is 73.2 Å². The van der Waals surface area contributed by atoms with Crippen molar-refractivity contribution >= 4 is 10.0 Å². The molecule has 9 heteroatoms. The molecule has 1 N–H and O–H groups in total. The molecule has 1 aliphatic heterocycles. The van der Waals surface area contributed by atoms with E-state index in [4.69, 9.17) is 4.74 Å². The van der Waals surface area contributed by atoms with Crippen LogP contribution in [0.1, 0.15) is 32.6 Å². The first-order valence-corrected chi connectivity index (χ1v) is 8.23. The Hall–Kier alpha value is -1.06. The second-order valence-corrected chi connectivity index (χ2v) is 7.78. The van der Waals surface area contributed by atoms with Crippen LogP contribution in [-0.2, 0) is 21.3 Å². The molecule has 0 amide bonds. The Labute approximate surface area is 122 Å². The first-order chi connectivity index (χ1) is 9.69. The molecule has 1 aliphatic rings. The fourth-order valence-corrected chi connectivity index (χ4v) is 3.49. The Kier molecular flexibility index (Phi) is 4.64. The number of aromatic nitrogens is 2. The van der Waals surface area contributed by atoms with E-state index >= 15 is 0 Å². The van der Waals surface area contributed by atoms with E-state index in [1.807, 2.05) is 13.8 Å². The third kappa shape index (κ3) is 4.45. The van der Waals surface area contributed by atoms with Crippen LogP contribution in [0, 0.1) is 5.41 Å². The number of imidazole rings is 1. The van der Waals surface area contributed by atoms with Gasteiger partial charge in [-0.2, -0.15) is 8.78 Å². The predicted molar refractivity (Wildman–Crippen MR) is 72.2 cm³/mol. The minimum Gasteiger partial charge on any atom is -0.377 e. The van der Waals surface area contributed by atoms with Crippen molar-refractivity contribution in [3.63, 3.8) is 0 Å². The zero-order valence-corrected chi connectivity index (χ0v) is 12.7. The van der Waals surface area contributed by atoms with Crippen molar-refractivity contribution in [1.82, 2.24) is 14.3 Å². The summed E-state index contributed by atoms with van der Waals surface area (Å²) in [5.41, 5.74) is -0.0356. The van der Waals surface area contributed by atoms with Gasteiger partial charge in [-0.05, 0) is 11.8 Å². The van der Waals surface area contributed by atoms with Crippen LogP contribution in [-0.4, -0.2) is 36.4 Å². The molecular weight excluding hydrogens is 304 g/mol. The highest BCUT2D eigenvalue weighted by Crippen LogP contribution is 2.31. The normalized spacial score (nSPS) is 22.0. The van der Waals surface area contributed by atoms with Crippen LogP contribution in [0.4, 0.5) is 8.78 Å². The summed E-state index contributed by atoms with van der Waals surface area (Å²) in [6.07, 6.45) is 2.60. The Bertz CT molecular complexity index is 586. The summed E-state index contributed by atoms with van der Waals surface area (Å²) in [5, 5.41) is 0. The number of nitrogens with zero attached hydrogens (tertiary/aromatic N) is 2. The SMILES string of the molecule is CC1(C)CO[C@@H](CS(=O)(=O)NCc2nccn2C(F)F)C1. The largest absolute Gasteiger partial charge is 0.377 e. The van der Waals surface area contributed by atoms with Crippen molar-refractivity contribution in [3.05, 3.63) is 18.2 Å². The van der Waals surface area contributed by atoms with Crippen LogP contribution in [0.3, 0.4) is 0 Å². The lowest BCUT2D eigenvalue weighted by molar-refractivity contribution is 0.0668. The monoisotopic (exact) mass is 323 g/mol. The molecule has 0 saturated carbocycles. The number of rotatable bonds is 6. The van der Waals surface area contributed by atoms with Crippen LogP contribution in [0.15, 0.2) is 12.4 Å². The van der Waals surface area contributed by atoms with E-state index < -0.39 is 16.6 Å². The van der Waals surface area contributed by atoms with Crippen molar-refractivity contribution in [3.8, 4) is 0 Å². The number of alkyl halides is 2. The maximum Gasteiger partial charge on any atom is 0.319 e. The molecule has 1 aromatic heterocycles. The van der Waals surface area contributed by atoms with Gasteiger partial charge in [-0.3, -0.25) is 4.57 Å². The summed E-state index contributed by atoms with van der Waals surface area (Å²) in [5.74, 6) is -0.201. The summed E-state index contributed by atoms with van der Waals surface area (Å²) in [6, 6.07) is 0. The smallest absolute Gasteiger partial charge is 0.319 e. The molecule has 1 aromatic rings. The van der Waals surface area contributed by atoms with Crippen LogP contribution in [0.5, 0.6) is 0 Å². The second-order valence-electron chi connectivity index (χ2n) is 5.93. The average Bonchev–Trinajstić information content (AvgIpc) is 2.93. The van der Waals surface area contributed by atoms with Gasteiger partial charge in [0.25, 0.3) is 0 Å². The molecule has 0 aromatic carbocycles. The van der Waals surface area contributed by atoms with Gasteiger partial charge in [0.15, 0.2) is 0 Å². The Balaban J connectivity index is 1.91. The highest BCUT2D eigenvalue weighted by Gasteiger charge is 2.34. The second kappa shape index (κ2) is 5.98. The summed E-state index contributed by atoms with van der Waals surface area (Å²) >= 11 is 0. The lowest BCUT2D eigenvalue weighted by Gasteiger charge is -2.14. The van der Waals surface area contributed by atoms with Gasteiger partial charge in [0, 0.05) is 12.4 Å². The van der Waals surface area contributed by atoms with E-state index in [9.17, 15) is 17.2 Å². The lowest BCUT2D eigenvalue weighted by atomic mass is 9.91. The lowest BCUT2D eigenvalue weighted by Crippen LogP contribution is -2.32. The van der Waals surface area contributed by atoms with E-state index in [0.717, 1.165) is 6.20 Å². The quantitative estimate of drug-likeness (QED) is 0.861. The molecule has 0 bridgehead atoms. The highest BCUT2D eigenvalue weighted by molar-refractivity contribution is 7.89. The Morgan fingerprint density at radius 1 is 1.57 bits per heavy atom. The van der Waals surface area contributed by atoms with Crippen molar-refractivity contribution in [2.24, 2.45) is 5.41 Å². The van der Waals surface area contributed by atoms with Crippen molar-refractivity contribution in [2.45, 2.75) is 39.5 Å². The maximum atomic E-state index is 12.6. The van der Waals surface area contributed by atoms with Gasteiger partial charge in [-0.1, -0.05) is 13.8 Å². The minimum atomic E-state index is -3.61. The molecule has 0 radical (unpaired) electrons. The van der Waals surface area contributed by atoms with E-state index in [1.165, 1.54) is 6.20 Å². The Morgan fingerprint density at radius 2 is 2.29 bits per heavy atom. The predicted octanol–water partition coefficient (Wildman–Crippen LogP) is 1.51. The Morgan fingerprint density at radius 3 is 2.86 bits per heavy atom. The molecule has 2 rings (SSSR count). The van der Waals surface area contributed by atoms with E-state index in [-0.39, 0.29) is 29.6 Å². The van der Waals surface area contributed by atoms with E-state index in [2.05, 4.69) is 9.71 Å². The van der Waals surface area contributed by atoms with Crippen molar-refractivity contribution in [1.29, 1.82) is 0 Å². The fraction of sp³-hybridized carbons (Fsp3) is 0.750. The summed E-state index contributed by atoms with van der Waals surface area (Å²) < 4.78 is 57.5. The third-order valence-electron chi connectivity index (χ3n) is 3.30. The van der Waals surface area contributed by atoms with Crippen LogP contribution in [0.25, 0.3) is 0 Å². The van der Waals surface area contributed by atoms with Crippen LogP contribution in [0.2, 0.25) is 0 Å². The zero-order chi connectivity index (χ0) is 15.7. The standard InChI is InChI=1S/C12H19F2N3O3S/c1-12(2)5-9(20-8-12)7-21(18,19)16-6-10-15-3-4-17(10)11(13)14/h3-4,9,11,16H,5-8H2,1-2H3/t9-/m1/s1. The number of halogens is 2. The summed E-state index contributed by atoms with van der Waals surface area (Å²) in [4.78, 5) is 3.72. The van der Waals surface area contributed by atoms with Gasteiger partial charge in [-0.15, -0.1) is 0 Å². The van der Waals surface area contributed by atoms with E-state index in [1.54, 1.807) is 0 Å². The first-order valence-electron chi connectivity index (χ1n) is 6.57. The van der Waals surface area contributed by atoms with Gasteiger partial charge in [-0.25, -0.2) is 18.1 Å². The molecule has 0 spiro atoms. The fourth-order valence-electron chi connectivity index (χ4n) is 2.32. The molecule has 1 atom stereocenters. The molecule has 0 unspecified atom stereocenters. The number of hydrogen-bond acceptors (Lipinski definition) is 4. The van der Waals surface area contributed by atoms with E-state index in [0.29, 0.717) is 17.6 Å². The summed E-state index contributed by atoms with van der Waals surface area (Å²) in [7, 11) is -3.61. The molecule has 6 nitrogen and oxygen atoms in total. The number of sulfonamides is 1. The number of hydrogen-bond donors (Lipinski definition) is 1. The molecule has 1 saturated heterocycles. The van der Waals surface area contributed by atoms with Crippen molar-refractivity contribution < 1.29 is 21.9 Å². The van der Waals surface area contributed by atoms with Gasteiger partial charge < -0.3 is 4.74 Å². The highest BCUT2D eigenvalue weighted by atomic mass is 32.2. The first kappa shape index (κ1) is 16.3. The average molecular weight is 323 g/mol. The van der Waals surface area contributed by atoms with Gasteiger partial charge in [0.2, 0.25) is 10.0 Å². The van der Waals surface area contributed by atoms with Gasteiger partial charge >= 0.3 is 6.55 Å². The van der Waals surface area contributed by atoms with Crippen LogP contribution < -0.4 is 4.72 Å². The molecule has 0 aliphatic carbocycles. The van der Waals surface area contributed by atoms with Crippen molar-refractivity contribution in [2.75, 3.05) is 12.4 Å². The maximum absolute atomic E-state index is 12.6. The summed E-state index contributed by atoms with van der Waals surface area (Å²) in [6.45, 7) is 1.52. The third-order valence-corrected chi connectivity index (χ3v) is 4.70. The number of ether oxygens (including phenoxy) is 1. The molecular formula is C12H19F2N3O3S. The molecule has 21 heavy (non-hydrogen) atoms. The minimum absolute atomic E-state index is 0.0266. The van der Waals surface area contributed by atoms with Gasteiger partial charge in [0.05, 0.1) is 25.0 Å². The van der Waals surface area contributed by atoms with Gasteiger partial charge in [0.1, 0.15) is 5.82 Å². The van der Waals surface area contributed by atoms with Crippen LogP contribution >= 0.6 is 0 Å². The number of nitrogens with one attached hydrogen (secondary N) is 1. The molecule has 120 valence electrons. The molecule has 2 heterocycles. The molecule has 1 fully saturated rings. The zero-order valence-electron chi connectivity index (χ0n) is 11.9.